The zero-order valence-corrected chi connectivity index (χ0v) is 17.1. The molecule has 0 radical (unpaired) electrons. The lowest BCUT2D eigenvalue weighted by molar-refractivity contribution is -0.131. The largest absolute Gasteiger partial charge is 0.361 e. The number of fused-ring (bicyclic) bond motifs is 1. The maximum absolute atomic E-state index is 12.8. The molecule has 3 aromatic heterocycles. The second kappa shape index (κ2) is 7.53. The fourth-order valence-corrected chi connectivity index (χ4v) is 5.58. The molecule has 142 valence electrons. The molecule has 1 aliphatic heterocycles. The molecular weight excluding hydrogens is 386 g/mol. The standard InChI is InChI=1S/C22H21N3OS2/c26-21(11-17-14-28-22(24-17)16-7-10-27-13-16)25-8-5-15(6-9-25)19-12-23-20-4-2-1-3-18(19)20/h1-4,7,10,12-15,23H,5-6,8-9,11H2. The number of aromatic amines is 1. The number of rotatable bonds is 4. The van der Waals surface area contributed by atoms with Crippen molar-refractivity contribution in [1.29, 1.82) is 0 Å². The zero-order valence-electron chi connectivity index (χ0n) is 15.4. The van der Waals surface area contributed by atoms with Gasteiger partial charge in [-0.3, -0.25) is 4.79 Å². The van der Waals surface area contributed by atoms with Gasteiger partial charge in [0.15, 0.2) is 0 Å². The molecule has 28 heavy (non-hydrogen) atoms. The number of piperidine rings is 1. The van der Waals surface area contributed by atoms with Gasteiger partial charge in [0.1, 0.15) is 5.01 Å². The molecule has 0 aliphatic carbocycles. The van der Waals surface area contributed by atoms with E-state index >= 15 is 0 Å². The molecule has 4 nitrogen and oxygen atoms in total. The molecule has 0 unspecified atom stereocenters. The number of hydrogen-bond donors (Lipinski definition) is 1. The normalized spacial score (nSPS) is 15.4. The maximum Gasteiger partial charge on any atom is 0.228 e. The second-order valence-electron chi connectivity index (χ2n) is 7.28. The van der Waals surface area contributed by atoms with Crippen LogP contribution in [0.2, 0.25) is 0 Å². The number of likely N-dealkylation sites (tertiary alicyclic amines) is 1. The van der Waals surface area contributed by atoms with Gasteiger partial charge in [-0.1, -0.05) is 18.2 Å². The quantitative estimate of drug-likeness (QED) is 0.499. The highest BCUT2D eigenvalue weighted by Crippen LogP contribution is 2.33. The highest BCUT2D eigenvalue weighted by molar-refractivity contribution is 7.14. The van der Waals surface area contributed by atoms with E-state index in [1.165, 1.54) is 16.5 Å². The van der Waals surface area contributed by atoms with Crippen molar-refractivity contribution in [2.24, 2.45) is 0 Å². The van der Waals surface area contributed by atoms with Gasteiger partial charge >= 0.3 is 0 Å². The fourth-order valence-electron chi connectivity index (χ4n) is 4.05. The summed E-state index contributed by atoms with van der Waals surface area (Å²) in [7, 11) is 0. The van der Waals surface area contributed by atoms with E-state index in [0.717, 1.165) is 42.2 Å². The summed E-state index contributed by atoms with van der Waals surface area (Å²) in [6.45, 7) is 1.65. The minimum atomic E-state index is 0.194. The summed E-state index contributed by atoms with van der Waals surface area (Å²) in [4.78, 5) is 22.8. The van der Waals surface area contributed by atoms with Crippen LogP contribution in [0.5, 0.6) is 0 Å². The summed E-state index contributed by atoms with van der Waals surface area (Å²) in [5.74, 6) is 0.712. The molecule has 0 spiro atoms. The molecule has 0 atom stereocenters. The number of thiazole rings is 1. The minimum Gasteiger partial charge on any atom is -0.361 e. The van der Waals surface area contributed by atoms with Gasteiger partial charge in [-0.2, -0.15) is 11.3 Å². The van der Waals surface area contributed by atoms with Crippen molar-refractivity contribution in [3.05, 3.63) is 63.9 Å². The Balaban J connectivity index is 1.21. The molecule has 4 aromatic rings. The van der Waals surface area contributed by atoms with Gasteiger partial charge in [0, 0.05) is 46.5 Å². The molecular formula is C22H21N3OS2. The topological polar surface area (TPSA) is 49.0 Å². The van der Waals surface area contributed by atoms with Crippen molar-refractivity contribution in [3.8, 4) is 10.6 Å². The van der Waals surface area contributed by atoms with E-state index in [9.17, 15) is 4.79 Å². The number of para-hydroxylation sites is 1. The number of nitrogens with zero attached hydrogens (tertiary/aromatic N) is 2. The summed E-state index contributed by atoms with van der Waals surface area (Å²) in [5.41, 5.74) is 4.62. The van der Waals surface area contributed by atoms with Crippen LogP contribution >= 0.6 is 22.7 Å². The van der Waals surface area contributed by atoms with Gasteiger partial charge < -0.3 is 9.88 Å². The highest BCUT2D eigenvalue weighted by atomic mass is 32.1. The predicted molar refractivity (Wildman–Crippen MR) is 116 cm³/mol. The number of hydrogen-bond acceptors (Lipinski definition) is 4. The number of thiophene rings is 1. The summed E-state index contributed by atoms with van der Waals surface area (Å²) in [6.07, 6.45) is 4.59. The first-order valence-electron chi connectivity index (χ1n) is 9.58. The summed E-state index contributed by atoms with van der Waals surface area (Å²) >= 11 is 3.29. The van der Waals surface area contributed by atoms with Crippen molar-refractivity contribution in [3.63, 3.8) is 0 Å². The Labute approximate surface area is 171 Å². The Kier molecular flexibility index (Phi) is 4.74. The van der Waals surface area contributed by atoms with Crippen LogP contribution in [0.4, 0.5) is 0 Å². The van der Waals surface area contributed by atoms with Crippen LogP contribution in [0.15, 0.2) is 52.7 Å². The minimum absolute atomic E-state index is 0.194. The van der Waals surface area contributed by atoms with E-state index in [4.69, 9.17) is 0 Å². The van der Waals surface area contributed by atoms with Crippen LogP contribution in [-0.4, -0.2) is 33.9 Å². The Morgan fingerprint density at radius 3 is 2.86 bits per heavy atom. The smallest absolute Gasteiger partial charge is 0.228 e. The van der Waals surface area contributed by atoms with Gasteiger partial charge in [0.25, 0.3) is 0 Å². The Bertz CT molecular complexity index is 1090. The van der Waals surface area contributed by atoms with E-state index < -0.39 is 0 Å². The van der Waals surface area contributed by atoms with Crippen LogP contribution in [-0.2, 0) is 11.2 Å². The molecule has 0 saturated carbocycles. The molecule has 5 rings (SSSR count). The van der Waals surface area contributed by atoms with E-state index in [1.54, 1.807) is 22.7 Å². The molecule has 1 N–H and O–H groups in total. The third kappa shape index (κ3) is 3.38. The molecule has 0 bridgehead atoms. The summed E-state index contributed by atoms with van der Waals surface area (Å²) in [6, 6.07) is 10.5. The van der Waals surface area contributed by atoms with Crippen molar-refractivity contribution in [1.82, 2.24) is 14.9 Å². The molecule has 6 heteroatoms. The number of carbonyl (C=O) groups excluding carboxylic acids is 1. The van der Waals surface area contributed by atoms with Crippen molar-refractivity contribution < 1.29 is 4.79 Å². The van der Waals surface area contributed by atoms with Crippen LogP contribution in [0.25, 0.3) is 21.5 Å². The average molecular weight is 408 g/mol. The van der Waals surface area contributed by atoms with E-state index in [0.29, 0.717) is 12.3 Å². The van der Waals surface area contributed by atoms with Crippen molar-refractivity contribution in [2.45, 2.75) is 25.2 Å². The number of H-pyrrole nitrogens is 1. The average Bonchev–Trinajstić information content (AvgIpc) is 3.48. The molecule has 1 aliphatic rings. The monoisotopic (exact) mass is 407 g/mol. The van der Waals surface area contributed by atoms with Gasteiger partial charge in [-0.05, 0) is 41.8 Å². The van der Waals surface area contributed by atoms with Crippen LogP contribution in [0, 0.1) is 0 Å². The van der Waals surface area contributed by atoms with Crippen molar-refractivity contribution >= 4 is 39.5 Å². The van der Waals surface area contributed by atoms with E-state index in [-0.39, 0.29) is 5.91 Å². The maximum atomic E-state index is 12.8. The zero-order chi connectivity index (χ0) is 18.9. The van der Waals surface area contributed by atoms with Gasteiger partial charge in [0.05, 0.1) is 12.1 Å². The number of nitrogens with one attached hydrogen (secondary N) is 1. The molecule has 1 amide bonds. The SMILES string of the molecule is O=C(Cc1csc(-c2ccsc2)n1)N1CCC(c2c[nH]c3ccccc23)CC1. The van der Waals surface area contributed by atoms with Gasteiger partial charge in [-0.25, -0.2) is 4.98 Å². The summed E-state index contributed by atoms with van der Waals surface area (Å²) in [5, 5.41) is 8.49. The molecule has 4 heterocycles. The Morgan fingerprint density at radius 1 is 1.18 bits per heavy atom. The fraction of sp³-hybridized carbons (Fsp3) is 0.273. The number of carbonyl (C=O) groups is 1. The number of amides is 1. The Morgan fingerprint density at radius 2 is 2.04 bits per heavy atom. The molecule has 1 fully saturated rings. The van der Waals surface area contributed by atoms with E-state index in [2.05, 4.69) is 57.3 Å². The predicted octanol–water partition coefficient (Wildman–Crippen LogP) is 5.30. The third-order valence-corrected chi connectivity index (χ3v) is 7.18. The third-order valence-electron chi connectivity index (χ3n) is 5.56. The first kappa shape index (κ1) is 17.6. The van der Waals surface area contributed by atoms with Gasteiger partial charge in [-0.15, -0.1) is 11.3 Å². The Hall–Kier alpha value is -2.44. The van der Waals surface area contributed by atoms with Crippen molar-refractivity contribution in [2.75, 3.05) is 13.1 Å². The lowest BCUT2D eigenvalue weighted by atomic mass is 9.89. The number of benzene rings is 1. The first-order valence-corrected chi connectivity index (χ1v) is 11.4. The molecule has 1 saturated heterocycles. The highest BCUT2D eigenvalue weighted by Gasteiger charge is 2.25. The second-order valence-corrected chi connectivity index (χ2v) is 8.92. The van der Waals surface area contributed by atoms with Crippen LogP contribution in [0.3, 0.4) is 0 Å². The van der Waals surface area contributed by atoms with Crippen LogP contribution in [0.1, 0.15) is 30.0 Å². The van der Waals surface area contributed by atoms with Crippen LogP contribution < -0.4 is 0 Å². The molecule has 1 aromatic carbocycles. The van der Waals surface area contributed by atoms with E-state index in [1.807, 2.05) is 10.3 Å². The summed E-state index contributed by atoms with van der Waals surface area (Å²) < 4.78 is 0. The lowest BCUT2D eigenvalue weighted by Crippen LogP contribution is -2.38. The number of aromatic nitrogens is 2. The van der Waals surface area contributed by atoms with Gasteiger partial charge in [0.2, 0.25) is 5.91 Å². The first-order chi connectivity index (χ1) is 13.8. The lowest BCUT2D eigenvalue weighted by Gasteiger charge is -2.32.